The summed E-state index contributed by atoms with van der Waals surface area (Å²) < 4.78 is 6.75. The van der Waals surface area contributed by atoms with E-state index < -0.39 is 8.32 Å². The standard InChI is InChI=1S/C11H15BrO2Si/c1-8(13)10-7-9(12)5-6-11(10)14-15(2,3)4/h5-7H,1-4H3. The van der Waals surface area contributed by atoms with Crippen molar-refractivity contribution in [1.29, 1.82) is 0 Å². The van der Waals surface area contributed by atoms with Gasteiger partial charge in [0.05, 0.1) is 5.56 Å². The highest BCUT2D eigenvalue weighted by atomic mass is 79.9. The Bertz CT molecular complexity index is 383. The van der Waals surface area contributed by atoms with Crippen LogP contribution in [0.1, 0.15) is 17.3 Å². The summed E-state index contributed by atoms with van der Waals surface area (Å²) in [7, 11) is -1.66. The normalized spacial score (nSPS) is 11.3. The lowest BCUT2D eigenvalue weighted by atomic mass is 10.1. The molecular formula is C11H15BrO2Si. The molecule has 0 aliphatic carbocycles. The number of carbonyl (C=O) groups excluding carboxylic acids is 1. The molecule has 0 unspecified atom stereocenters. The molecule has 0 spiro atoms. The second kappa shape index (κ2) is 4.49. The Morgan fingerprint density at radius 3 is 2.40 bits per heavy atom. The van der Waals surface area contributed by atoms with E-state index in [1.807, 2.05) is 12.1 Å². The van der Waals surface area contributed by atoms with E-state index in [0.29, 0.717) is 11.3 Å². The van der Waals surface area contributed by atoms with E-state index >= 15 is 0 Å². The SMILES string of the molecule is CC(=O)c1cc(Br)ccc1O[Si](C)(C)C. The number of carbonyl (C=O) groups is 1. The molecule has 0 heterocycles. The zero-order valence-corrected chi connectivity index (χ0v) is 12.0. The lowest BCUT2D eigenvalue weighted by molar-refractivity contribution is 0.101. The van der Waals surface area contributed by atoms with Gasteiger partial charge in [0.1, 0.15) is 5.75 Å². The van der Waals surface area contributed by atoms with Crippen molar-refractivity contribution in [2.24, 2.45) is 0 Å². The van der Waals surface area contributed by atoms with Crippen LogP contribution in [0.15, 0.2) is 22.7 Å². The number of benzene rings is 1. The Hall–Kier alpha value is -0.613. The third kappa shape index (κ3) is 3.79. The van der Waals surface area contributed by atoms with Gasteiger partial charge in [-0.05, 0) is 44.8 Å². The van der Waals surface area contributed by atoms with E-state index in [1.165, 1.54) is 0 Å². The van der Waals surface area contributed by atoms with E-state index in [1.54, 1.807) is 13.0 Å². The summed E-state index contributed by atoms with van der Waals surface area (Å²) in [4.78, 5) is 11.4. The van der Waals surface area contributed by atoms with Crippen LogP contribution < -0.4 is 4.43 Å². The zero-order valence-electron chi connectivity index (χ0n) is 9.43. The van der Waals surface area contributed by atoms with Gasteiger partial charge >= 0.3 is 0 Å². The fourth-order valence-electron chi connectivity index (χ4n) is 1.20. The average Bonchev–Trinajstić information content (AvgIpc) is 2.05. The number of Topliss-reactive ketones (excluding diaryl/α,β-unsaturated/α-hetero) is 1. The smallest absolute Gasteiger partial charge is 0.242 e. The second-order valence-corrected chi connectivity index (χ2v) is 9.76. The molecule has 1 aromatic rings. The third-order valence-electron chi connectivity index (χ3n) is 1.74. The van der Waals surface area contributed by atoms with E-state index in [9.17, 15) is 4.79 Å². The number of rotatable bonds is 3. The van der Waals surface area contributed by atoms with Gasteiger partial charge in [0, 0.05) is 4.47 Å². The molecule has 0 aromatic heterocycles. The molecule has 0 radical (unpaired) electrons. The Morgan fingerprint density at radius 2 is 1.93 bits per heavy atom. The minimum atomic E-state index is -1.66. The van der Waals surface area contributed by atoms with Gasteiger partial charge in [-0.3, -0.25) is 4.79 Å². The van der Waals surface area contributed by atoms with Gasteiger partial charge in [0.25, 0.3) is 0 Å². The van der Waals surface area contributed by atoms with Gasteiger partial charge in [-0.15, -0.1) is 0 Å². The van der Waals surface area contributed by atoms with Crippen LogP contribution >= 0.6 is 15.9 Å². The van der Waals surface area contributed by atoms with Gasteiger partial charge < -0.3 is 4.43 Å². The van der Waals surface area contributed by atoms with Crippen LogP contribution in [0.25, 0.3) is 0 Å². The molecule has 0 bridgehead atoms. The molecule has 0 amide bonds. The van der Waals surface area contributed by atoms with Gasteiger partial charge in [-0.2, -0.15) is 0 Å². The molecule has 82 valence electrons. The molecule has 0 aliphatic heterocycles. The molecular weight excluding hydrogens is 272 g/mol. The predicted molar refractivity (Wildman–Crippen MR) is 68.1 cm³/mol. The molecule has 1 rings (SSSR count). The average molecular weight is 287 g/mol. The van der Waals surface area contributed by atoms with Crippen molar-refractivity contribution in [2.45, 2.75) is 26.6 Å². The maximum atomic E-state index is 11.4. The number of halogens is 1. The van der Waals surface area contributed by atoms with Crippen LogP contribution in [0.2, 0.25) is 19.6 Å². The topological polar surface area (TPSA) is 26.3 Å². The first-order valence-electron chi connectivity index (χ1n) is 4.79. The lowest BCUT2D eigenvalue weighted by Gasteiger charge is -2.21. The number of hydrogen-bond donors (Lipinski definition) is 0. The summed E-state index contributed by atoms with van der Waals surface area (Å²) in [6.45, 7) is 7.84. The van der Waals surface area contributed by atoms with Crippen molar-refractivity contribution in [1.82, 2.24) is 0 Å². The quantitative estimate of drug-likeness (QED) is 0.623. The Kier molecular flexibility index (Phi) is 3.73. The van der Waals surface area contributed by atoms with Crippen LogP contribution in [0, 0.1) is 0 Å². The van der Waals surface area contributed by atoms with Gasteiger partial charge in [0.15, 0.2) is 5.78 Å². The summed E-state index contributed by atoms with van der Waals surface area (Å²) >= 11 is 3.35. The Labute approximate surface area is 99.9 Å². The van der Waals surface area contributed by atoms with Crippen molar-refractivity contribution < 1.29 is 9.22 Å². The van der Waals surface area contributed by atoms with Crippen molar-refractivity contribution in [3.05, 3.63) is 28.2 Å². The van der Waals surface area contributed by atoms with E-state index in [2.05, 4.69) is 35.6 Å². The van der Waals surface area contributed by atoms with Crippen LogP contribution in [0.5, 0.6) is 5.75 Å². The van der Waals surface area contributed by atoms with Crippen LogP contribution in [0.4, 0.5) is 0 Å². The maximum Gasteiger partial charge on any atom is 0.242 e. The molecule has 0 fully saturated rings. The van der Waals surface area contributed by atoms with Crippen molar-refractivity contribution in [2.75, 3.05) is 0 Å². The zero-order chi connectivity index (χ0) is 11.6. The first kappa shape index (κ1) is 12.5. The van der Waals surface area contributed by atoms with E-state index in [4.69, 9.17) is 4.43 Å². The highest BCUT2D eigenvalue weighted by molar-refractivity contribution is 9.10. The van der Waals surface area contributed by atoms with E-state index in [-0.39, 0.29) is 5.78 Å². The molecule has 4 heteroatoms. The molecule has 1 aromatic carbocycles. The first-order chi connectivity index (χ1) is 6.79. The van der Waals surface area contributed by atoms with Gasteiger partial charge in [-0.1, -0.05) is 15.9 Å². The Morgan fingerprint density at radius 1 is 1.33 bits per heavy atom. The molecule has 0 N–H and O–H groups in total. The first-order valence-corrected chi connectivity index (χ1v) is 8.99. The molecule has 15 heavy (non-hydrogen) atoms. The van der Waals surface area contributed by atoms with Gasteiger partial charge in [0.2, 0.25) is 8.32 Å². The minimum Gasteiger partial charge on any atom is -0.544 e. The third-order valence-corrected chi connectivity index (χ3v) is 3.06. The second-order valence-electron chi connectivity index (χ2n) is 4.41. The highest BCUT2D eigenvalue weighted by Gasteiger charge is 2.19. The summed E-state index contributed by atoms with van der Waals surface area (Å²) in [5.41, 5.74) is 0.645. The number of hydrogen-bond acceptors (Lipinski definition) is 2. The van der Waals surface area contributed by atoms with E-state index in [0.717, 1.165) is 4.47 Å². The number of ketones is 1. The molecule has 0 atom stereocenters. The van der Waals surface area contributed by atoms with Crippen LogP contribution in [-0.2, 0) is 0 Å². The monoisotopic (exact) mass is 286 g/mol. The molecule has 0 saturated carbocycles. The van der Waals surface area contributed by atoms with Crippen molar-refractivity contribution >= 4 is 30.0 Å². The fraction of sp³-hybridized carbons (Fsp3) is 0.364. The van der Waals surface area contributed by atoms with Crippen molar-refractivity contribution in [3.8, 4) is 5.75 Å². The maximum absolute atomic E-state index is 11.4. The van der Waals surface area contributed by atoms with Crippen LogP contribution in [0.3, 0.4) is 0 Å². The fourth-order valence-corrected chi connectivity index (χ4v) is 2.40. The van der Waals surface area contributed by atoms with Gasteiger partial charge in [-0.25, -0.2) is 0 Å². The largest absolute Gasteiger partial charge is 0.544 e. The molecule has 0 saturated heterocycles. The predicted octanol–water partition coefficient (Wildman–Crippen LogP) is 3.87. The summed E-state index contributed by atoms with van der Waals surface area (Å²) in [6.07, 6.45) is 0. The molecule has 0 aliphatic rings. The summed E-state index contributed by atoms with van der Waals surface area (Å²) in [5.74, 6) is 0.731. The lowest BCUT2D eigenvalue weighted by Crippen LogP contribution is -2.30. The minimum absolute atomic E-state index is 0.0320. The van der Waals surface area contributed by atoms with Crippen molar-refractivity contribution in [3.63, 3.8) is 0 Å². The Balaban J connectivity index is 3.12. The summed E-state index contributed by atoms with van der Waals surface area (Å²) in [5, 5.41) is 0. The summed E-state index contributed by atoms with van der Waals surface area (Å²) in [6, 6.07) is 5.54. The highest BCUT2D eigenvalue weighted by Crippen LogP contribution is 2.25. The molecule has 2 nitrogen and oxygen atoms in total. The van der Waals surface area contributed by atoms with Crippen LogP contribution in [-0.4, -0.2) is 14.1 Å².